The Morgan fingerprint density at radius 2 is 2.22 bits per heavy atom. The van der Waals surface area contributed by atoms with E-state index in [9.17, 15) is 4.39 Å². The number of aryl methyl sites for hydroxylation is 1. The molecule has 0 radical (unpaired) electrons. The molecule has 0 bridgehead atoms. The lowest BCUT2D eigenvalue weighted by molar-refractivity contribution is 0.447. The zero-order valence-electron chi connectivity index (χ0n) is 11.1. The van der Waals surface area contributed by atoms with Crippen molar-refractivity contribution in [3.05, 3.63) is 41.7 Å². The first-order valence-corrected chi connectivity index (χ1v) is 6.78. The first-order chi connectivity index (χ1) is 8.58. The van der Waals surface area contributed by atoms with Crippen molar-refractivity contribution < 1.29 is 4.39 Å². The smallest absolute Gasteiger partial charge is 0.123 e. The fraction of sp³-hybridized carbons (Fsp3) is 0.500. The summed E-state index contributed by atoms with van der Waals surface area (Å²) in [6.07, 6.45) is 5.56. The summed E-state index contributed by atoms with van der Waals surface area (Å²) in [5, 5.41) is 0. The lowest BCUT2D eigenvalue weighted by atomic mass is 9.92. The van der Waals surface area contributed by atoms with Crippen LogP contribution in [0.1, 0.15) is 43.7 Å². The third-order valence-corrected chi connectivity index (χ3v) is 4.03. The molecule has 1 nitrogen and oxygen atoms in total. The van der Waals surface area contributed by atoms with Gasteiger partial charge in [-0.1, -0.05) is 24.6 Å². The molecule has 0 amide bonds. The zero-order chi connectivity index (χ0) is 13.1. The van der Waals surface area contributed by atoms with Crippen LogP contribution in [0.25, 0.3) is 5.57 Å². The average Bonchev–Trinajstić information content (AvgIpc) is 2.72. The zero-order valence-corrected chi connectivity index (χ0v) is 11.1. The van der Waals surface area contributed by atoms with Gasteiger partial charge >= 0.3 is 0 Å². The second-order valence-corrected chi connectivity index (χ2v) is 5.48. The summed E-state index contributed by atoms with van der Waals surface area (Å²) in [7, 11) is 0. The fourth-order valence-corrected chi connectivity index (χ4v) is 2.95. The van der Waals surface area contributed by atoms with Gasteiger partial charge in [0.15, 0.2) is 0 Å². The molecule has 1 aromatic carbocycles. The Bertz CT molecular complexity index is 439. The molecule has 2 rings (SSSR count). The van der Waals surface area contributed by atoms with Crippen LogP contribution in [-0.4, -0.2) is 6.04 Å². The second-order valence-electron chi connectivity index (χ2n) is 5.48. The van der Waals surface area contributed by atoms with Crippen LogP contribution in [0.4, 0.5) is 4.39 Å². The molecule has 0 saturated heterocycles. The van der Waals surface area contributed by atoms with Crippen molar-refractivity contribution in [3.63, 3.8) is 0 Å². The molecule has 98 valence electrons. The van der Waals surface area contributed by atoms with E-state index >= 15 is 0 Å². The van der Waals surface area contributed by atoms with E-state index in [4.69, 9.17) is 5.73 Å². The third-order valence-electron chi connectivity index (χ3n) is 4.03. The minimum absolute atomic E-state index is 0.161. The van der Waals surface area contributed by atoms with Gasteiger partial charge in [0, 0.05) is 6.04 Å². The summed E-state index contributed by atoms with van der Waals surface area (Å²) in [4.78, 5) is 0. The largest absolute Gasteiger partial charge is 0.327 e. The van der Waals surface area contributed by atoms with Crippen LogP contribution in [0, 0.1) is 11.7 Å². The Morgan fingerprint density at radius 1 is 1.44 bits per heavy atom. The number of rotatable bonds is 4. The van der Waals surface area contributed by atoms with E-state index in [2.05, 4.69) is 6.58 Å². The van der Waals surface area contributed by atoms with E-state index in [1.807, 2.05) is 13.0 Å². The van der Waals surface area contributed by atoms with Gasteiger partial charge in [0.05, 0.1) is 0 Å². The number of halogens is 1. The highest BCUT2D eigenvalue weighted by molar-refractivity contribution is 5.64. The van der Waals surface area contributed by atoms with Crippen molar-refractivity contribution in [3.8, 4) is 0 Å². The fourth-order valence-electron chi connectivity index (χ4n) is 2.95. The van der Waals surface area contributed by atoms with Crippen molar-refractivity contribution >= 4 is 5.57 Å². The highest BCUT2D eigenvalue weighted by atomic mass is 19.1. The number of benzene rings is 1. The summed E-state index contributed by atoms with van der Waals surface area (Å²) in [5.74, 6) is 0.442. The maximum atomic E-state index is 13.3. The van der Waals surface area contributed by atoms with E-state index in [1.54, 1.807) is 6.07 Å². The molecular formula is C16H22FN. The Hall–Kier alpha value is -1.15. The molecule has 2 atom stereocenters. The number of hydrogen-bond acceptors (Lipinski definition) is 1. The maximum absolute atomic E-state index is 13.3. The van der Waals surface area contributed by atoms with Crippen LogP contribution in [0.3, 0.4) is 0 Å². The Morgan fingerprint density at radius 3 is 2.83 bits per heavy atom. The number of allylic oxidation sites excluding steroid dienone is 1. The summed E-state index contributed by atoms with van der Waals surface area (Å²) in [6.45, 7) is 5.93. The Kier molecular flexibility index (Phi) is 4.18. The van der Waals surface area contributed by atoms with Gasteiger partial charge in [-0.05, 0) is 61.8 Å². The third kappa shape index (κ3) is 2.99. The summed E-state index contributed by atoms with van der Waals surface area (Å²) < 4.78 is 13.3. The predicted octanol–water partition coefficient (Wildman–Crippen LogP) is 3.92. The van der Waals surface area contributed by atoms with E-state index in [0.717, 1.165) is 36.0 Å². The second kappa shape index (κ2) is 5.66. The molecule has 0 unspecified atom stereocenters. The van der Waals surface area contributed by atoms with Crippen molar-refractivity contribution in [2.24, 2.45) is 11.7 Å². The molecular weight excluding hydrogens is 225 g/mol. The lowest BCUT2D eigenvalue weighted by Gasteiger charge is -2.16. The molecule has 1 saturated carbocycles. The van der Waals surface area contributed by atoms with Gasteiger partial charge in [-0.15, -0.1) is 0 Å². The first-order valence-electron chi connectivity index (χ1n) is 6.78. The van der Waals surface area contributed by atoms with Crippen molar-refractivity contribution in [1.82, 2.24) is 0 Å². The van der Waals surface area contributed by atoms with E-state index in [0.29, 0.717) is 12.0 Å². The van der Waals surface area contributed by atoms with Crippen LogP contribution < -0.4 is 5.73 Å². The monoisotopic (exact) mass is 247 g/mol. The van der Waals surface area contributed by atoms with Gasteiger partial charge in [-0.3, -0.25) is 0 Å². The normalized spacial score (nSPS) is 23.3. The molecule has 0 heterocycles. The molecule has 1 aliphatic rings. The molecule has 18 heavy (non-hydrogen) atoms. The minimum Gasteiger partial charge on any atom is -0.327 e. The van der Waals surface area contributed by atoms with Gasteiger partial charge in [-0.25, -0.2) is 4.39 Å². The quantitative estimate of drug-likeness (QED) is 0.857. The SMILES string of the molecule is C=C(C)c1ccc(F)cc1CC[C@@H]1CCC[C@@H]1N. The van der Waals surface area contributed by atoms with Crippen LogP contribution in [0.2, 0.25) is 0 Å². The molecule has 1 aliphatic carbocycles. The minimum atomic E-state index is -0.161. The molecule has 1 aromatic rings. The molecule has 0 spiro atoms. The predicted molar refractivity (Wildman–Crippen MR) is 74.7 cm³/mol. The van der Waals surface area contributed by atoms with Gasteiger partial charge in [-0.2, -0.15) is 0 Å². The topological polar surface area (TPSA) is 26.0 Å². The average molecular weight is 247 g/mol. The van der Waals surface area contributed by atoms with E-state index in [1.165, 1.54) is 18.9 Å². The van der Waals surface area contributed by atoms with Crippen molar-refractivity contribution in [2.75, 3.05) is 0 Å². The van der Waals surface area contributed by atoms with Crippen LogP contribution in [0.5, 0.6) is 0 Å². The molecule has 2 heteroatoms. The highest BCUT2D eigenvalue weighted by Crippen LogP contribution is 2.29. The Labute approximate surface area is 109 Å². The van der Waals surface area contributed by atoms with E-state index < -0.39 is 0 Å². The van der Waals surface area contributed by atoms with E-state index in [-0.39, 0.29) is 5.82 Å². The van der Waals surface area contributed by atoms with Crippen LogP contribution in [0.15, 0.2) is 24.8 Å². The molecule has 0 aliphatic heterocycles. The standard InChI is InChI=1S/C16H22FN/c1-11(2)15-9-8-14(17)10-13(15)7-6-12-4-3-5-16(12)18/h8-10,12,16H,1,3-7,18H2,2H3/t12-,16-/m0/s1. The number of nitrogens with two attached hydrogens (primary N) is 1. The van der Waals surface area contributed by atoms with Crippen molar-refractivity contribution in [2.45, 2.75) is 45.1 Å². The maximum Gasteiger partial charge on any atom is 0.123 e. The summed E-state index contributed by atoms with van der Waals surface area (Å²) >= 11 is 0. The highest BCUT2D eigenvalue weighted by Gasteiger charge is 2.23. The van der Waals surface area contributed by atoms with Gasteiger partial charge in [0.2, 0.25) is 0 Å². The Balaban J connectivity index is 2.08. The summed E-state index contributed by atoms with van der Waals surface area (Å²) in [6, 6.07) is 5.33. The number of hydrogen-bond donors (Lipinski definition) is 1. The molecule has 0 aromatic heterocycles. The van der Waals surface area contributed by atoms with Crippen molar-refractivity contribution in [1.29, 1.82) is 0 Å². The van der Waals surface area contributed by atoms with Gasteiger partial charge in [0.1, 0.15) is 5.82 Å². The van der Waals surface area contributed by atoms with Crippen LogP contribution in [-0.2, 0) is 6.42 Å². The van der Waals surface area contributed by atoms with Gasteiger partial charge < -0.3 is 5.73 Å². The van der Waals surface area contributed by atoms with Crippen LogP contribution >= 0.6 is 0 Å². The van der Waals surface area contributed by atoms with Gasteiger partial charge in [0.25, 0.3) is 0 Å². The lowest BCUT2D eigenvalue weighted by Crippen LogP contribution is -2.24. The first kappa shape index (κ1) is 13.3. The molecule has 2 N–H and O–H groups in total. The molecule has 1 fully saturated rings. The summed E-state index contributed by atoms with van der Waals surface area (Å²) in [5.41, 5.74) is 9.24.